The van der Waals surface area contributed by atoms with Crippen molar-refractivity contribution in [3.63, 3.8) is 0 Å². The van der Waals surface area contributed by atoms with E-state index in [0.717, 1.165) is 28.8 Å². The number of carbonyl (C=O) groups is 2. The number of piperidine rings is 1. The van der Waals surface area contributed by atoms with E-state index >= 15 is 0 Å². The van der Waals surface area contributed by atoms with E-state index in [2.05, 4.69) is 33.4 Å². The predicted molar refractivity (Wildman–Crippen MR) is 99.4 cm³/mol. The third kappa shape index (κ3) is 6.66. The predicted octanol–water partition coefficient (Wildman–Crippen LogP) is 1.20. The quantitative estimate of drug-likeness (QED) is 0.737. The lowest BCUT2D eigenvalue weighted by Crippen LogP contribution is -3.09. The van der Waals surface area contributed by atoms with Crippen LogP contribution < -0.4 is 10.2 Å². The summed E-state index contributed by atoms with van der Waals surface area (Å²) in [6.45, 7) is 4.70. The maximum Gasteiger partial charge on any atom is 0.409 e. The van der Waals surface area contributed by atoms with Gasteiger partial charge in [0.05, 0.1) is 13.7 Å². The van der Waals surface area contributed by atoms with Crippen molar-refractivity contribution >= 4 is 27.9 Å². The second kappa shape index (κ2) is 9.77. The summed E-state index contributed by atoms with van der Waals surface area (Å²) >= 11 is 3.43. The van der Waals surface area contributed by atoms with Crippen LogP contribution in [0.4, 0.5) is 4.79 Å². The van der Waals surface area contributed by atoms with E-state index in [1.54, 1.807) is 11.8 Å². The summed E-state index contributed by atoms with van der Waals surface area (Å²) in [6.07, 6.45) is 1.29. The molecule has 1 atom stereocenters. The molecule has 2 amide bonds. The molecule has 2 rings (SSSR count). The largest absolute Gasteiger partial charge is 0.450 e. The van der Waals surface area contributed by atoms with E-state index in [0.29, 0.717) is 26.2 Å². The Labute approximate surface area is 157 Å². The molecule has 138 valence electrons. The van der Waals surface area contributed by atoms with Crippen LogP contribution in [0, 0.1) is 0 Å². The highest BCUT2D eigenvalue weighted by molar-refractivity contribution is 9.10. The molecule has 0 spiro atoms. The number of halogens is 1. The Balaban J connectivity index is 1.70. The second-order valence-corrected chi connectivity index (χ2v) is 7.38. The summed E-state index contributed by atoms with van der Waals surface area (Å²) in [4.78, 5) is 26.8. The summed E-state index contributed by atoms with van der Waals surface area (Å²) in [5.74, 6) is 0.0594. The molecular weight excluding hydrogens is 386 g/mol. The third-order valence-electron chi connectivity index (χ3n) is 4.27. The van der Waals surface area contributed by atoms with Crippen LogP contribution in [0.1, 0.15) is 25.3 Å². The maximum absolute atomic E-state index is 12.2. The third-order valence-corrected chi connectivity index (χ3v) is 4.80. The molecule has 0 aromatic heterocycles. The number of hydrogen-bond donors (Lipinski definition) is 2. The van der Waals surface area contributed by atoms with E-state index < -0.39 is 0 Å². The Morgan fingerprint density at radius 2 is 1.92 bits per heavy atom. The minimum absolute atomic E-state index is 0.0594. The van der Waals surface area contributed by atoms with Gasteiger partial charge in [-0.25, -0.2) is 4.79 Å². The molecule has 1 fully saturated rings. The first-order chi connectivity index (χ1) is 12.0. The van der Waals surface area contributed by atoms with Crippen molar-refractivity contribution in [1.29, 1.82) is 0 Å². The zero-order valence-electron chi connectivity index (χ0n) is 14.9. The average Bonchev–Trinajstić information content (AvgIpc) is 2.57. The van der Waals surface area contributed by atoms with Crippen LogP contribution in [-0.2, 0) is 16.1 Å². The first-order valence-electron chi connectivity index (χ1n) is 8.74. The van der Waals surface area contributed by atoms with Gasteiger partial charge in [0.25, 0.3) is 5.91 Å². The van der Waals surface area contributed by atoms with Crippen molar-refractivity contribution in [1.82, 2.24) is 10.2 Å². The summed E-state index contributed by atoms with van der Waals surface area (Å²) < 4.78 is 6.06. The van der Waals surface area contributed by atoms with E-state index in [4.69, 9.17) is 4.74 Å². The molecular formula is C18H27BrN3O3+. The Bertz CT molecular complexity index is 571. The number of carbonyl (C=O) groups excluding carboxylic acids is 2. The van der Waals surface area contributed by atoms with Crippen LogP contribution in [-0.4, -0.2) is 56.2 Å². The normalized spacial score (nSPS) is 16.4. The van der Waals surface area contributed by atoms with Crippen LogP contribution in [0.15, 0.2) is 28.7 Å². The van der Waals surface area contributed by atoms with E-state index in [1.165, 1.54) is 5.56 Å². The lowest BCUT2D eigenvalue weighted by molar-refractivity contribution is -0.885. The molecule has 1 unspecified atom stereocenters. The summed E-state index contributed by atoms with van der Waals surface area (Å²) in [5.41, 5.74) is 1.20. The number of rotatable bonds is 6. The number of hydrogen-bond acceptors (Lipinski definition) is 3. The van der Waals surface area contributed by atoms with Crippen molar-refractivity contribution in [2.75, 3.05) is 33.3 Å². The van der Waals surface area contributed by atoms with Gasteiger partial charge in [0.1, 0.15) is 6.54 Å². The fraction of sp³-hybridized carbons (Fsp3) is 0.556. The number of nitrogens with zero attached hydrogens (tertiary/aromatic N) is 1. The van der Waals surface area contributed by atoms with Gasteiger partial charge in [-0.2, -0.15) is 0 Å². The highest BCUT2D eigenvalue weighted by Gasteiger charge is 2.25. The molecule has 1 aromatic rings. The van der Waals surface area contributed by atoms with Gasteiger partial charge in [-0.3, -0.25) is 4.79 Å². The van der Waals surface area contributed by atoms with Crippen LogP contribution in [0.5, 0.6) is 0 Å². The SMILES string of the molecule is CCOC(=O)N1CCC(NC(=O)C[NH+](C)Cc2ccc(Br)cc2)CC1. The molecule has 1 aliphatic rings. The Hall–Kier alpha value is -1.60. The standard InChI is InChI=1S/C18H26BrN3O3/c1-3-25-18(24)22-10-8-16(9-11-22)20-17(23)13-21(2)12-14-4-6-15(19)7-5-14/h4-7,16H,3,8-13H2,1-2H3,(H,20,23)/p+1. The zero-order chi connectivity index (χ0) is 18.2. The average molecular weight is 413 g/mol. The minimum atomic E-state index is -0.258. The number of quaternary nitrogens is 1. The zero-order valence-corrected chi connectivity index (χ0v) is 16.5. The second-order valence-electron chi connectivity index (χ2n) is 6.46. The molecule has 6 nitrogen and oxygen atoms in total. The first-order valence-corrected chi connectivity index (χ1v) is 9.54. The van der Waals surface area contributed by atoms with Gasteiger partial charge in [0, 0.05) is 29.2 Å². The number of nitrogens with one attached hydrogen (secondary N) is 2. The Kier molecular flexibility index (Phi) is 7.71. The van der Waals surface area contributed by atoms with Crippen molar-refractivity contribution in [3.8, 4) is 0 Å². The topological polar surface area (TPSA) is 63.1 Å². The molecule has 0 bridgehead atoms. The fourth-order valence-electron chi connectivity index (χ4n) is 2.99. The van der Waals surface area contributed by atoms with Gasteiger partial charge in [-0.1, -0.05) is 28.1 Å². The molecule has 1 saturated heterocycles. The number of likely N-dealkylation sites (N-methyl/N-ethyl adjacent to an activating group) is 1. The fourth-order valence-corrected chi connectivity index (χ4v) is 3.25. The number of amides is 2. The van der Waals surface area contributed by atoms with Gasteiger partial charge in [-0.05, 0) is 31.9 Å². The van der Waals surface area contributed by atoms with Crippen molar-refractivity contribution in [2.24, 2.45) is 0 Å². The highest BCUT2D eigenvalue weighted by atomic mass is 79.9. The first kappa shape index (κ1) is 19.7. The molecule has 1 heterocycles. The van der Waals surface area contributed by atoms with E-state index in [1.807, 2.05) is 19.2 Å². The van der Waals surface area contributed by atoms with Gasteiger partial charge in [0.2, 0.25) is 0 Å². The maximum atomic E-state index is 12.2. The van der Waals surface area contributed by atoms with Crippen LogP contribution in [0.3, 0.4) is 0 Å². The van der Waals surface area contributed by atoms with Gasteiger partial charge >= 0.3 is 6.09 Å². The minimum Gasteiger partial charge on any atom is -0.450 e. The molecule has 0 aliphatic carbocycles. The number of ether oxygens (including phenoxy) is 1. The Morgan fingerprint density at radius 1 is 1.28 bits per heavy atom. The smallest absolute Gasteiger partial charge is 0.409 e. The molecule has 0 saturated carbocycles. The van der Waals surface area contributed by atoms with Gasteiger partial charge in [-0.15, -0.1) is 0 Å². The molecule has 2 N–H and O–H groups in total. The van der Waals surface area contributed by atoms with Crippen molar-refractivity contribution < 1.29 is 19.2 Å². The summed E-state index contributed by atoms with van der Waals surface area (Å²) in [5, 5.41) is 3.09. The van der Waals surface area contributed by atoms with Crippen molar-refractivity contribution in [2.45, 2.75) is 32.4 Å². The van der Waals surface area contributed by atoms with E-state index in [9.17, 15) is 9.59 Å². The van der Waals surface area contributed by atoms with Gasteiger partial charge < -0.3 is 19.9 Å². The summed E-state index contributed by atoms with van der Waals surface area (Å²) in [6, 6.07) is 8.30. The Morgan fingerprint density at radius 3 is 2.52 bits per heavy atom. The number of benzene rings is 1. The van der Waals surface area contributed by atoms with Crippen LogP contribution >= 0.6 is 15.9 Å². The monoisotopic (exact) mass is 412 g/mol. The molecule has 7 heteroatoms. The lowest BCUT2D eigenvalue weighted by Gasteiger charge is -2.31. The van der Waals surface area contributed by atoms with Crippen LogP contribution in [0.2, 0.25) is 0 Å². The van der Waals surface area contributed by atoms with E-state index in [-0.39, 0.29) is 18.0 Å². The molecule has 25 heavy (non-hydrogen) atoms. The number of likely N-dealkylation sites (tertiary alicyclic amines) is 1. The molecule has 0 radical (unpaired) electrons. The van der Waals surface area contributed by atoms with Gasteiger partial charge in [0.15, 0.2) is 6.54 Å². The molecule has 1 aromatic carbocycles. The van der Waals surface area contributed by atoms with Crippen molar-refractivity contribution in [3.05, 3.63) is 34.3 Å². The highest BCUT2D eigenvalue weighted by Crippen LogP contribution is 2.11. The lowest BCUT2D eigenvalue weighted by atomic mass is 10.1. The molecule has 1 aliphatic heterocycles. The van der Waals surface area contributed by atoms with Crippen LogP contribution in [0.25, 0.3) is 0 Å². The summed E-state index contributed by atoms with van der Waals surface area (Å²) in [7, 11) is 2.02.